The molecule has 2 unspecified atom stereocenters. The molecule has 7 nitrogen and oxygen atoms in total. The van der Waals surface area contributed by atoms with Crippen LogP contribution in [0.2, 0.25) is 0 Å². The minimum Gasteiger partial charge on any atom is -0.493 e. The monoisotopic (exact) mass is 404 g/mol. The average Bonchev–Trinajstić information content (AvgIpc) is 3.22. The Morgan fingerprint density at radius 1 is 1.28 bits per heavy atom. The van der Waals surface area contributed by atoms with Gasteiger partial charge in [-0.05, 0) is 43.4 Å². The first-order valence-corrected chi connectivity index (χ1v) is 10.4. The average molecular weight is 405 g/mol. The Hall–Kier alpha value is -2.28. The van der Waals surface area contributed by atoms with Crippen molar-refractivity contribution in [1.82, 2.24) is 15.5 Å². The number of amides is 1. The van der Waals surface area contributed by atoms with Crippen LogP contribution in [0, 0.1) is 5.92 Å². The first kappa shape index (κ1) is 23.0. The lowest BCUT2D eigenvalue weighted by molar-refractivity contribution is -0.127. The van der Waals surface area contributed by atoms with Crippen molar-refractivity contribution in [2.45, 2.75) is 45.8 Å². The molecule has 162 valence electrons. The molecule has 2 rings (SSSR count). The van der Waals surface area contributed by atoms with E-state index in [-0.39, 0.29) is 24.6 Å². The lowest BCUT2D eigenvalue weighted by Gasteiger charge is -2.21. The molecule has 2 N–H and O–H groups in total. The van der Waals surface area contributed by atoms with Crippen molar-refractivity contribution < 1.29 is 14.3 Å². The Kier molecular flexibility index (Phi) is 9.25. The second-order valence-corrected chi connectivity index (χ2v) is 8.11. The fourth-order valence-electron chi connectivity index (χ4n) is 2.86. The number of likely N-dealkylation sites (N-methyl/N-ethyl adjacent to an activating group) is 1. The summed E-state index contributed by atoms with van der Waals surface area (Å²) >= 11 is 0. The number of guanidine groups is 1. The molecular formula is C22H36N4O3. The van der Waals surface area contributed by atoms with Crippen LogP contribution in [-0.2, 0) is 9.53 Å². The number of ether oxygens (including phenoxy) is 2. The summed E-state index contributed by atoms with van der Waals surface area (Å²) in [6.45, 7) is 8.63. The van der Waals surface area contributed by atoms with Crippen LogP contribution in [0.25, 0.3) is 0 Å². The Bertz CT molecular complexity index is 653. The lowest BCUT2D eigenvalue weighted by atomic mass is 10.1. The fourth-order valence-corrected chi connectivity index (χ4v) is 2.86. The third-order valence-corrected chi connectivity index (χ3v) is 4.71. The highest BCUT2D eigenvalue weighted by molar-refractivity contribution is 5.85. The van der Waals surface area contributed by atoms with E-state index in [1.807, 2.05) is 12.1 Å². The maximum Gasteiger partial charge on any atom is 0.243 e. The maximum absolute atomic E-state index is 11.9. The third-order valence-electron chi connectivity index (χ3n) is 4.71. The molecule has 29 heavy (non-hydrogen) atoms. The molecule has 1 aromatic rings. The molecule has 1 heterocycles. The van der Waals surface area contributed by atoms with Crippen molar-refractivity contribution in [3.05, 3.63) is 29.8 Å². The van der Waals surface area contributed by atoms with Gasteiger partial charge in [0, 0.05) is 27.2 Å². The topological polar surface area (TPSA) is 75.2 Å². The summed E-state index contributed by atoms with van der Waals surface area (Å²) in [5.41, 5.74) is 1.12. The fraction of sp³-hybridized carbons (Fsp3) is 0.636. The number of carbonyl (C=O) groups is 1. The van der Waals surface area contributed by atoms with E-state index in [1.165, 1.54) is 0 Å². The Morgan fingerprint density at radius 2 is 2.00 bits per heavy atom. The second kappa shape index (κ2) is 11.7. The number of benzene rings is 1. The van der Waals surface area contributed by atoms with Crippen molar-refractivity contribution in [1.29, 1.82) is 0 Å². The predicted octanol–water partition coefficient (Wildman–Crippen LogP) is 2.58. The molecule has 1 aliphatic heterocycles. The van der Waals surface area contributed by atoms with E-state index in [1.54, 1.807) is 19.0 Å². The van der Waals surface area contributed by atoms with Crippen LogP contribution in [0.1, 0.15) is 45.2 Å². The minimum atomic E-state index is -0.0393. The molecular weight excluding hydrogens is 368 g/mol. The molecule has 1 aromatic carbocycles. The minimum absolute atomic E-state index is 0.0272. The normalized spacial score (nSPS) is 17.9. The first-order valence-electron chi connectivity index (χ1n) is 10.4. The highest BCUT2D eigenvalue weighted by Crippen LogP contribution is 2.18. The number of aliphatic imine (C=N–C) groups is 1. The van der Waals surface area contributed by atoms with Crippen LogP contribution in [0.3, 0.4) is 0 Å². The third kappa shape index (κ3) is 8.31. The molecule has 2 atom stereocenters. The van der Waals surface area contributed by atoms with Crippen LogP contribution < -0.4 is 15.4 Å². The molecule has 0 spiro atoms. The summed E-state index contributed by atoms with van der Waals surface area (Å²) in [5, 5.41) is 6.71. The van der Waals surface area contributed by atoms with E-state index in [0.29, 0.717) is 25.0 Å². The van der Waals surface area contributed by atoms with Gasteiger partial charge < -0.3 is 25.0 Å². The van der Waals surface area contributed by atoms with E-state index in [0.717, 1.165) is 30.8 Å². The van der Waals surface area contributed by atoms with Crippen molar-refractivity contribution in [2.75, 3.05) is 40.4 Å². The summed E-state index contributed by atoms with van der Waals surface area (Å²) in [4.78, 5) is 17.9. The molecule has 7 heteroatoms. The highest BCUT2D eigenvalue weighted by atomic mass is 16.5. The Morgan fingerprint density at radius 3 is 2.59 bits per heavy atom. The molecule has 0 radical (unpaired) electrons. The number of carbonyl (C=O) groups excluding carboxylic acids is 1. The number of hydrogen-bond acceptors (Lipinski definition) is 4. The molecule has 1 amide bonds. The van der Waals surface area contributed by atoms with Crippen LogP contribution in [0.5, 0.6) is 5.75 Å². The van der Waals surface area contributed by atoms with Crippen molar-refractivity contribution in [3.63, 3.8) is 0 Å². The van der Waals surface area contributed by atoms with Crippen molar-refractivity contribution in [2.24, 2.45) is 10.9 Å². The van der Waals surface area contributed by atoms with E-state index in [4.69, 9.17) is 9.47 Å². The van der Waals surface area contributed by atoms with Gasteiger partial charge in [-0.3, -0.25) is 4.79 Å². The smallest absolute Gasteiger partial charge is 0.243 e. The van der Waals surface area contributed by atoms with Gasteiger partial charge in [0.05, 0.1) is 18.8 Å². The van der Waals surface area contributed by atoms with Gasteiger partial charge in [0.2, 0.25) is 5.91 Å². The largest absolute Gasteiger partial charge is 0.493 e. The highest BCUT2D eigenvalue weighted by Gasteiger charge is 2.17. The van der Waals surface area contributed by atoms with E-state index in [2.05, 4.69) is 48.5 Å². The summed E-state index contributed by atoms with van der Waals surface area (Å²) in [7, 11) is 3.46. The summed E-state index contributed by atoms with van der Waals surface area (Å²) in [6, 6.07) is 8.11. The zero-order valence-corrected chi connectivity index (χ0v) is 18.4. The molecule has 0 saturated carbocycles. The van der Waals surface area contributed by atoms with Gasteiger partial charge in [-0.25, -0.2) is 4.99 Å². The predicted molar refractivity (Wildman–Crippen MR) is 116 cm³/mol. The first-order chi connectivity index (χ1) is 13.8. The molecule has 1 fully saturated rings. The van der Waals surface area contributed by atoms with E-state index >= 15 is 0 Å². The standard InChI is InChI=1S/C22H36N4O3/c1-16(2)15-29-19-10-8-18(9-11-19)17(3)25-22(24-14-21(27)26(4)5)23-13-20-7-6-12-28-20/h8-11,16-17,20H,6-7,12-15H2,1-5H3,(H2,23,24,25). The zero-order chi connectivity index (χ0) is 21.2. The Labute approximate surface area is 174 Å². The van der Waals surface area contributed by atoms with Crippen molar-refractivity contribution in [3.8, 4) is 5.75 Å². The maximum atomic E-state index is 11.9. The van der Waals surface area contributed by atoms with Gasteiger partial charge in [0.25, 0.3) is 0 Å². The molecule has 0 bridgehead atoms. The number of nitrogens with one attached hydrogen (secondary N) is 2. The van der Waals surface area contributed by atoms with Gasteiger partial charge >= 0.3 is 0 Å². The van der Waals surface area contributed by atoms with E-state index < -0.39 is 0 Å². The lowest BCUT2D eigenvalue weighted by Crippen LogP contribution is -2.42. The van der Waals surface area contributed by atoms with Gasteiger partial charge in [0.15, 0.2) is 5.96 Å². The van der Waals surface area contributed by atoms with Gasteiger partial charge in [-0.15, -0.1) is 0 Å². The van der Waals surface area contributed by atoms with Crippen molar-refractivity contribution >= 4 is 11.9 Å². The molecule has 1 aliphatic rings. The quantitative estimate of drug-likeness (QED) is 0.489. The molecule has 0 aliphatic carbocycles. The summed E-state index contributed by atoms with van der Waals surface area (Å²) in [6.07, 6.45) is 2.33. The van der Waals surface area contributed by atoms with Gasteiger partial charge in [-0.1, -0.05) is 26.0 Å². The molecule has 1 saturated heterocycles. The molecule has 0 aromatic heterocycles. The number of nitrogens with zero attached hydrogens (tertiary/aromatic N) is 2. The summed E-state index contributed by atoms with van der Waals surface area (Å²) in [5.74, 6) is 1.94. The van der Waals surface area contributed by atoms with Crippen LogP contribution in [0.4, 0.5) is 0 Å². The number of rotatable bonds is 9. The van der Waals surface area contributed by atoms with Gasteiger partial charge in [-0.2, -0.15) is 0 Å². The Balaban J connectivity index is 1.97. The van der Waals surface area contributed by atoms with Crippen LogP contribution in [-0.4, -0.2) is 63.3 Å². The number of hydrogen-bond donors (Lipinski definition) is 2. The zero-order valence-electron chi connectivity index (χ0n) is 18.4. The van der Waals surface area contributed by atoms with Gasteiger partial charge in [0.1, 0.15) is 12.3 Å². The SMILES string of the molecule is CC(C)COc1ccc(C(C)NC(=NCC(=O)N(C)C)NCC2CCCO2)cc1. The van der Waals surface area contributed by atoms with E-state index in [9.17, 15) is 4.79 Å². The van der Waals surface area contributed by atoms with Crippen LogP contribution in [0.15, 0.2) is 29.3 Å². The second-order valence-electron chi connectivity index (χ2n) is 8.11. The van der Waals surface area contributed by atoms with Crippen LogP contribution >= 0.6 is 0 Å². The summed E-state index contributed by atoms with van der Waals surface area (Å²) < 4.78 is 11.4.